The fourth-order valence-corrected chi connectivity index (χ4v) is 4.17. The summed E-state index contributed by atoms with van der Waals surface area (Å²) >= 11 is 11.6. The van der Waals surface area contributed by atoms with Gasteiger partial charge in [0.05, 0.1) is 27.3 Å². The monoisotopic (exact) mass is 359 g/mol. The van der Waals surface area contributed by atoms with E-state index in [1.54, 1.807) is 6.07 Å². The summed E-state index contributed by atoms with van der Waals surface area (Å²) in [6.45, 7) is 0. The van der Waals surface area contributed by atoms with E-state index in [0.717, 1.165) is 0 Å². The van der Waals surface area contributed by atoms with Gasteiger partial charge >= 0.3 is 0 Å². The molecule has 5 nitrogen and oxygen atoms in total. The highest BCUT2D eigenvalue weighted by molar-refractivity contribution is 7.91. The fraction of sp³-hybridized carbons (Fsp3) is 0.455. The highest BCUT2D eigenvalue weighted by Crippen LogP contribution is 2.23. The molecule has 0 saturated heterocycles. The average molecular weight is 360 g/mol. The average Bonchev–Trinajstić information content (AvgIpc) is 2.33. The second-order valence-electron chi connectivity index (χ2n) is 4.22. The van der Waals surface area contributed by atoms with Crippen molar-refractivity contribution in [2.75, 3.05) is 18.6 Å². The van der Waals surface area contributed by atoms with E-state index in [1.165, 1.54) is 19.2 Å². The van der Waals surface area contributed by atoms with Crippen LogP contribution < -0.4 is 4.72 Å². The minimum atomic E-state index is -3.39. The second-order valence-corrected chi connectivity index (χ2v) is 9.26. The van der Waals surface area contributed by atoms with E-state index in [-0.39, 0.29) is 28.7 Å². The molecule has 0 amide bonds. The van der Waals surface area contributed by atoms with E-state index in [9.17, 15) is 16.8 Å². The Hall–Kier alpha value is -0.340. The molecule has 0 heterocycles. The lowest BCUT2D eigenvalue weighted by atomic mass is 10.2. The van der Waals surface area contributed by atoms with Gasteiger partial charge in [-0.1, -0.05) is 29.3 Å². The van der Waals surface area contributed by atoms with E-state index in [0.29, 0.717) is 10.6 Å². The van der Waals surface area contributed by atoms with Gasteiger partial charge in [0.2, 0.25) is 10.0 Å². The fourth-order valence-electron chi connectivity index (χ4n) is 1.53. The van der Waals surface area contributed by atoms with E-state index < -0.39 is 19.9 Å². The standard InChI is InChI=1S/C11H15Cl2NO4S2/c1-14-20(17,18)6-2-5-19(15,16)8-9-3-4-10(12)11(13)7-9/h3-4,7,14H,2,5-6,8H2,1H3. The van der Waals surface area contributed by atoms with E-state index in [1.807, 2.05) is 0 Å². The Labute approximate surface area is 129 Å². The Morgan fingerprint density at radius 2 is 1.70 bits per heavy atom. The maximum Gasteiger partial charge on any atom is 0.211 e. The first-order valence-electron chi connectivity index (χ1n) is 5.71. The summed E-state index contributed by atoms with van der Waals surface area (Å²) in [6.07, 6.45) is 0.0484. The van der Waals surface area contributed by atoms with Crippen molar-refractivity contribution in [1.82, 2.24) is 4.72 Å². The number of hydrogen-bond donors (Lipinski definition) is 1. The van der Waals surface area contributed by atoms with Gasteiger partial charge in [-0.25, -0.2) is 21.6 Å². The third kappa shape index (κ3) is 5.97. The highest BCUT2D eigenvalue weighted by Gasteiger charge is 2.15. The topological polar surface area (TPSA) is 80.3 Å². The quantitative estimate of drug-likeness (QED) is 0.805. The summed E-state index contributed by atoms with van der Waals surface area (Å²) < 4.78 is 48.3. The summed E-state index contributed by atoms with van der Waals surface area (Å²) in [5.41, 5.74) is 0.524. The molecule has 0 aliphatic carbocycles. The van der Waals surface area contributed by atoms with Crippen LogP contribution >= 0.6 is 23.2 Å². The molecule has 1 aromatic rings. The zero-order valence-corrected chi connectivity index (χ0v) is 13.9. The van der Waals surface area contributed by atoms with Crippen molar-refractivity contribution in [3.63, 3.8) is 0 Å². The lowest BCUT2D eigenvalue weighted by molar-refractivity contribution is 0.584. The molecule has 0 aliphatic heterocycles. The van der Waals surface area contributed by atoms with Crippen LogP contribution in [0, 0.1) is 0 Å². The third-order valence-corrected chi connectivity index (χ3v) is 6.42. The highest BCUT2D eigenvalue weighted by atomic mass is 35.5. The summed E-state index contributed by atoms with van der Waals surface area (Å²) in [6, 6.07) is 4.60. The molecule has 9 heteroatoms. The maximum absolute atomic E-state index is 11.9. The molecular weight excluding hydrogens is 345 g/mol. The van der Waals surface area contributed by atoms with Crippen LogP contribution in [0.4, 0.5) is 0 Å². The molecule has 0 radical (unpaired) electrons. The first-order chi connectivity index (χ1) is 9.15. The van der Waals surface area contributed by atoms with Crippen LogP contribution in [0.25, 0.3) is 0 Å². The first-order valence-corrected chi connectivity index (χ1v) is 9.94. The third-order valence-electron chi connectivity index (χ3n) is 2.55. The van der Waals surface area contributed by atoms with Crippen LogP contribution in [0.5, 0.6) is 0 Å². The Morgan fingerprint density at radius 3 is 2.25 bits per heavy atom. The molecule has 0 unspecified atom stereocenters. The number of nitrogens with one attached hydrogen (secondary N) is 1. The number of rotatable bonds is 7. The zero-order chi connectivity index (χ0) is 15.4. The van der Waals surface area contributed by atoms with E-state index in [4.69, 9.17) is 23.2 Å². The van der Waals surface area contributed by atoms with Gasteiger partial charge in [-0.15, -0.1) is 0 Å². The van der Waals surface area contributed by atoms with Gasteiger partial charge in [-0.2, -0.15) is 0 Å². The minimum Gasteiger partial charge on any atom is -0.228 e. The second kappa shape index (κ2) is 7.09. The Balaban J connectivity index is 2.64. The van der Waals surface area contributed by atoms with Crippen LogP contribution in [-0.2, 0) is 25.6 Å². The molecular formula is C11H15Cl2NO4S2. The molecule has 0 atom stereocenters. The van der Waals surface area contributed by atoms with Gasteiger partial charge in [-0.3, -0.25) is 0 Å². The summed E-state index contributed by atoms with van der Waals surface area (Å²) in [5, 5.41) is 0.644. The molecule has 0 aliphatic rings. The van der Waals surface area contributed by atoms with Crippen LogP contribution in [0.1, 0.15) is 12.0 Å². The zero-order valence-electron chi connectivity index (χ0n) is 10.8. The van der Waals surface area contributed by atoms with Gasteiger partial charge in [0.25, 0.3) is 0 Å². The van der Waals surface area contributed by atoms with Gasteiger partial charge in [-0.05, 0) is 31.2 Å². The number of hydrogen-bond acceptors (Lipinski definition) is 4. The van der Waals surface area contributed by atoms with Crippen molar-refractivity contribution in [2.24, 2.45) is 0 Å². The normalized spacial score (nSPS) is 12.6. The summed E-state index contributed by atoms with van der Waals surface area (Å²) in [7, 11) is -5.48. The molecule has 1 aromatic carbocycles. The molecule has 20 heavy (non-hydrogen) atoms. The van der Waals surface area contributed by atoms with Crippen LogP contribution in [0.3, 0.4) is 0 Å². The van der Waals surface area contributed by atoms with Gasteiger partial charge in [0, 0.05) is 0 Å². The predicted octanol–water partition coefficient (Wildman–Crippen LogP) is 1.85. The number of sulfonamides is 1. The van der Waals surface area contributed by atoms with Crippen LogP contribution in [0.2, 0.25) is 10.0 Å². The smallest absolute Gasteiger partial charge is 0.211 e. The van der Waals surface area contributed by atoms with Crippen molar-refractivity contribution >= 4 is 43.1 Å². The molecule has 0 aromatic heterocycles. The molecule has 0 spiro atoms. The Morgan fingerprint density at radius 1 is 1.05 bits per heavy atom. The minimum absolute atomic E-state index is 0.0484. The van der Waals surface area contributed by atoms with Crippen molar-refractivity contribution in [1.29, 1.82) is 0 Å². The van der Waals surface area contributed by atoms with Crippen molar-refractivity contribution in [2.45, 2.75) is 12.2 Å². The Bertz CT molecular complexity index is 672. The number of sulfone groups is 1. The van der Waals surface area contributed by atoms with Crippen molar-refractivity contribution in [3.8, 4) is 0 Å². The number of benzene rings is 1. The maximum atomic E-state index is 11.9. The van der Waals surface area contributed by atoms with E-state index in [2.05, 4.69) is 4.72 Å². The molecule has 0 saturated carbocycles. The molecule has 1 rings (SSSR count). The van der Waals surface area contributed by atoms with Crippen LogP contribution in [-0.4, -0.2) is 35.4 Å². The van der Waals surface area contributed by atoms with Gasteiger partial charge in [0.1, 0.15) is 0 Å². The van der Waals surface area contributed by atoms with Crippen LogP contribution in [0.15, 0.2) is 18.2 Å². The lowest BCUT2D eigenvalue weighted by Crippen LogP contribution is -2.23. The largest absolute Gasteiger partial charge is 0.228 e. The Kier molecular flexibility index (Phi) is 6.27. The molecule has 1 N–H and O–H groups in total. The summed E-state index contributed by atoms with van der Waals surface area (Å²) in [5.74, 6) is -0.609. The number of halogens is 2. The van der Waals surface area contributed by atoms with E-state index >= 15 is 0 Å². The molecule has 0 bridgehead atoms. The van der Waals surface area contributed by atoms with Gasteiger partial charge in [0.15, 0.2) is 9.84 Å². The molecule has 0 fully saturated rings. The molecule has 114 valence electrons. The predicted molar refractivity (Wildman–Crippen MR) is 81.4 cm³/mol. The SMILES string of the molecule is CNS(=O)(=O)CCCS(=O)(=O)Cc1ccc(Cl)c(Cl)c1. The van der Waals surface area contributed by atoms with Gasteiger partial charge < -0.3 is 0 Å². The van der Waals surface area contributed by atoms with Crippen molar-refractivity contribution < 1.29 is 16.8 Å². The lowest BCUT2D eigenvalue weighted by Gasteiger charge is -2.06. The first kappa shape index (κ1) is 17.7. The summed E-state index contributed by atoms with van der Waals surface area (Å²) in [4.78, 5) is 0. The van der Waals surface area contributed by atoms with Crippen molar-refractivity contribution in [3.05, 3.63) is 33.8 Å².